The predicted molar refractivity (Wildman–Crippen MR) is 88.0 cm³/mol. The van der Waals surface area contributed by atoms with Crippen LogP contribution < -0.4 is 5.32 Å². The van der Waals surface area contributed by atoms with E-state index in [4.69, 9.17) is 4.42 Å². The Hall–Kier alpha value is -2.83. The second-order valence-electron chi connectivity index (χ2n) is 5.70. The van der Waals surface area contributed by atoms with Crippen LogP contribution in [0.4, 0.5) is 18.9 Å². The minimum atomic E-state index is -4.39. The number of halogens is 3. The summed E-state index contributed by atoms with van der Waals surface area (Å²) in [5.41, 5.74) is 0.628. The van der Waals surface area contributed by atoms with E-state index in [1.54, 1.807) is 13.0 Å². The van der Waals surface area contributed by atoms with Crippen LogP contribution in [0.3, 0.4) is 0 Å². The molecule has 0 saturated carbocycles. The predicted octanol–water partition coefficient (Wildman–Crippen LogP) is 5.24. The number of aryl methyl sites for hydroxylation is 1. The average molecular weight is 347 g/mol. The molecular weight excluding hydrogens is 331 g/mol. The van der Waals surface area contributed by atoms with Crippen LogP contribution in [0, 0.1) is 6.92 Å². The Morgan fingerprint density at radius 2 is 1.76 bits per heavy atom. The molecule has 0 bridgehead atoms. The number of nitrogens with one attached hydrogen (secondary N) is 1. The van der Waals surface area contributed by atoms with Crippen LogP contribution in [0.2, 0.25) is 0 Å². The Morgan fingerprint density at radius 3 is 2.44 bits per heavy atom. The van der Waals surface area contributed by atoms with E-state index in [0.29, 0.717) is 17.5 Å². The Labute approximate surface area is 142 Å². The van der Waals surface area contributed by atoms with E-state index < -0.39 is 17.8 Å². The highest BCUT2D eigenvalue weighted by Gasteiger charge is 2.32. The number of benzene rings is 2. The van der Waals surface area contributed by atoms with E-state index in [9.17, 15) is 13.2 Å². The Morgan fingerprint density at radius 1 is 1.04 bits per heavy atom. The molecule has 0 spiro atoms. The zero-order chi connectivity index (χ0) is 18.0. The van der Waals surface area contributed by atoms with Gasteiger partial charge in [-0.05, 0) is 43.7 Å². The molecule has 130 valence electrons. The molecule has 0 amide bonds. The van der Waals surface area contributed by atoms with E-state index >= 15 is 0 Å². The molecule has 0 aliphatic rings. The summed E-state index contributed by atoms with van der Waals surface area (Å²) in [6.45, 7) is 3.18. The molecule has 1 N–H and O–H groups in total. The quantitative estimate of drug-likeness (QED) is 0.701. The summed E-state index contributed by atoms with van der Waals surface area (Å²) in [4.78, 5) is 0. The molecule has 0 radical (unpaired) electrons. The summed E-state index contributed by atoms with van der Waals surface area (Å²) in [6.07, 6.45) is -4.39. The summed E-state index contributed by atoms with van der Waals surface area (Å²) in [6, 6.07) is 12.9. The number of hydrogen-bond acceptors (Lipinski definition) is 4. The molecule has 0 saturated heterocycles. The van der Waals surface area contributed by atoms with E-state index in [1.807, 2.05) is 30.3 Å². The maximum atomic E-state index is 13.0. The van der Waals surface area contributed by atoms with Gasteiger partial charge >= 0.3 is 6.18 Å². The van der Waals surface area contributed by atoms with Crippen LogP contribution in [0.5, 0.6) is 0 Å². The number of alkyl halides is 3. The minimum absolute atomic E-state index is 0.176. The lowest BCUT2D eigenvalue weighted by atomic mass is 10.1. The van der Waals surface area contributed by atoms with Crippen molar-refractivity contribution < 1.29 is 17.6 Å². The molecule has 0 unspecified atom stereocenters. The smallest absolute Gasteiger partial charge is 0.416 e. The molecule has 0 aliphatic carbocycles. The number of nitrogens with zero attached hydrogens (tertiary/aromatic N) is 2. The van der Waals surface area contributed by atoms with Gasteiger partial charge in [-0.1, -0.05) is 24.3 Å². The highest BCUT2D eigenvalue weighted by atomic mass is 19.4. The van der Waals surface area contributed by atoms with Gasteiger partial charge in [0.25, 0.3) is 0 Å². The standard InChI is InChI=1S/C18H16F3N3O/c1-11-8-9-14(10-15(11)18(19,20)21)22-12(2)16-23-24-17(25-16)13-6-4-3-5-7-13/h3-10,12,22H,1-2H3/t12-/m0/s1. The molecule has 0 aliphatic heterocycles. The first-order valence-electron chi connectivity index (χ1n) is 7.68. The van der Waals surface area contributed by atoms with Gasteiger partial charge in [0.1, 0.15) is 6.04 Å². The van der Waals surface area contributed by atoms with Crippen LogP contribution in [-0.2, 0) is 6.18 Å². The van der Waals surface area contributed by atoms with Crippen molar-refractivity contribution in [1.29, 1.82) is 0 Å². The van der Waals surface area contributed by atoms with E-state index in [0.717, 1.165) is 11.6 Å². The van der Waals surface area contributed by atoms with Gasteiger partial charge in [-0.25, -0.2) is 0 Å². The number of rotatable bonds is 4. The molecule has 7 heteroatoms. The third-order valence-electron chi connectivity index (χ3n) is 3.76. The number of hydrogen-bond donors (Lipinski definition) is 1. The van der Waals surface area contributed by atoms with E-state index in [2.05, 4.69) is 15.5 Å². The largest absolute Gasteiger partial charge is 0.418 e. The fraction of sp³-hybridized carbons (Fsp3) is 0.222. The zero-order valence-corrected chi connectivity index (χ0v) is 13.6. The fourth-order valence-corrected chi connectivity index (χ4v) is 2.44. The highest BCUT2D eigenvalue weighted by Crippen LogP contribution is 2.34. The molecule has 4 nitrogen and oxygen atoms in total. The first-order valence-corrected chi connectivity index (χ1v) is 7.68. The van der Waals surface area contributed by atoms with Crippen molar-refractivity contribution in [3.63, 3.8) is 0 Å². The summed E-state index contributed by atoms with van der Waals surface area (Å²) < 4.78 is 44.7. The lowest BCUT2D eigenvalue weighted by molar-refractivity contribution is -0.138. The van der Waals surface area contributed by atoms with Crippen molar-refractivity contribution in [3.8, 4) is 11.5 Å². The van der Waals surface area contributed by atoms with E-state index in [-0.39, 0.29) is 5.56 Å². The Kier molecular flexibility index (Phi) is 4.48. The molecule has 3 rings (SSSR count). The minimum Gasteiger partial charge on any atom is -0.418 e. The summed E-state index contributed by atoms with van der Waals surface area (Å²) >= 11 is 0. The van der Waals surface area contributed by atoms with Crippen molar-refractivity contribution in [2.75, 3.05) is 5.32 Å². The molecule has 1 aromatic heterocycles. The lowest BCUT2D eigenvalue weighted by Gasteiger charge is -2.15. The summed E-state index contributed by atoms with van der Waals surface area (Å²) in [7, 11) is 0. The van der Waals surface area contributed by atoms with Crippen LogP contribution in [0.15, 0.2) is 52.9 Å². The van der Waals surface area contributed by atoms with Crippen molar-refractivity contribution in [2.24, 2.45) is 0 Å². The SMILES string of the molecule is Cc1ccc(N[C@@H](C)c2nnc(-c3ccccc3)o2)cc1C(F)(F)F. The van der Waals surface area contributed by atoms with Crippen molar-refractivity contribution in [3.05, 3.63) is 65.5 Å². The first kappa shape index (κ1) is 17.0. The fourth-order valence-electron chi connectivity index (χ4n) is 2.44. The van der Waals surface area contributed by atoms with Gasteiger partial charge in [-0.3, -0.25) is 0 Å². The van der Waals surface area contributed by atoms with Gasteiger partial charge in [0.05, 0.1) is 5.56 Å². The Balaban J connectivity index is 1.79. The van der Waals surface area contributed by atoms with Gasteiger partial charge in [0.2, 0.25) is 11.8 Å². The molecular formula is C18H16F3N3O. The topological polar surface area (TPSA) is 51.0 Å². The van der Waals surface area contributed by atoms with Gasteiger partial charge in [-0.15, -0.1) is 10.2 Å². The second kappa shape index (κ2) is 6.58. The normalized spacial score (nSPS) is 12.8. The first-order chi connectivity index (χ1) is 11.8. The highest BCUT2D eigenvalue weighted by molar-refractivity contribution is 5.52. The maximum Gasteiger partial charge on any atom is 0.416 e. The van der Waals surface area contributed by atoms with Crippen molar-refractivity contribution in [1.82, 2.24) is 10.2 Å². The summed E-state index contributed by atoms with van der Waals surface area (Å²) in [5.74, 6) is 0.664. The molecule has 25 heavy (non-hydrogen) atoms. The third-order valence-corrected chi connectivity index (χ3v) is 3.76. The average Bonchev–Trinajstić information content (AvgIpc) is 3.06. The maximum absolute atomic E-state index is 13.0. The van der Waals surface area contributed by atoms with Crippen molar-refractivity contribution >= 4 is 5.69 Å². The second-order valence-corrected chi connectivity index (χ2v) is 5.70. The van der Waals surface area contributed by atoms with Gasteiger partial charge in [0.15, 0.2) is 0 Å². The Bertz CT molecular complexity index is 860. The molecule has 1 atom stereocenters. The molecule has 1 heterocycles. The number of aromatic nitrogens is 2. The van der Waals surface area contributed by atoms with Crippen LogP contribution in [0.25, 0.3) is 11.5 Å². The van der Waals surface area contributed by atoms with Gasteiger partial charge in [0, 0.05) is 11.3 Å². The van der Waals surface area contributed by atoms with E-state index in [1.165, 1.54) is 13.0 Å². The van der Waals surface area contributed by atoms with Gasteiger partial charge < -0.3 is 9.73 Å². The molecule has 0 fully saturated rings. The molecule has 2 aromatic carbocycles. The zero-order valence-electron chi connectivity index (χ0n) is 13.6. The number of anilines is 1. The monoisotopic (exact) mass is 347 g/mol. The van der Waals surface area contributed by atoms with Gasteiger partial charge in [-0.2, -0.15) is 13.2 Å². The molecule has 3 aromatic rings. The third kappa shape index (κ3) is 3.81. The van der Waals surface area contributed by atoms with Crippen LogP contribution in [0.1, 0.15) is 30.0 Å². The van der Waals surface area contributed by atoms with Crippen molar-refractivity contribution in [2.45, 2.75) is 26.1 Å². The van der Waals surface area contributed by atoms with Crippen LogP contribution in [-0.4, -0.2) is 10.2 Å². The summed E-state index contributed by atoms with van der Waals surface area (Å²) in [5, 5.41) is 10.9. The lowest BCUT2D eigenvalue weighted by Crippen LogP contribution is -2.11. The van der Waals surface area contributed by atoms with Crippen LogP contribution >= 0.6 is 0 Å².